The molecule has 27 heteroatoms. The zero-order valence-electron chi connectivity index (χ0n) is 36.6. The van der Waals surface area contributed by atoms with Crippen LogP contribution in [0.1, 0.15) is 52.6 Å². The van der Waals surface area contributed by atoms with Crippen LogP contribution >= 0.6 is 0 Å². The summed E-state index contributed by atoms with van der Waals surface area (Å²) in [6.07, 6.45) is 1.50. The molecule has 0 aliphatic heterocycles. The smallest absolute Gasteiger partial charge is 0.296 e. The highest BCUT2D eigenvalue weighted by molar-refractivity contribution is 7.91. The predicted molar refractivity (Wildman–Crippen MR) is 267 cm³/mol. The number of carbonyl (C=O) groups is 4. The van der Waals surface area contributed by atoms with Crippen LogP contribution in [0.25, 0.3) is 12.2 Å². The molecule has 0 fully saturated rings. The first-order valence-corrected chi connectivity index (χ1v) is 26.3. The van der Waals surface area contributed by atoms with Crippen LogP contribution in [0.15, 0.2) is 163 Å². The summed E-state index contributed by atoms with van der Waals surface area (Å²) in [7, 11) is -20.4. The van der Waals surface area contributed by atoms with Gasteiger partial charge in [0, 0.05) is 22.5 Å². The molecule has 2 aliphatic rings. The molecule has 0 saturated carbocycles. The van der Waals surface area contributed by atoms with Crippen molar-refractivity contribution in [3.63, 3.8) is 0 Å². The normalized spacial score (nSPS) is 14.8. The molecule has 2 aliphatic carbocycles. The maximum atomic E-state index is 14.0. The fraction of sp³-hybridized carbons (Fsp3) is 0. The first kappa shape index (κ1) is 50.8. The lowest BCUT2D eigenvalue weighted by atomic mass is 9.92. The fourth-order valence-corrected chi connectivity index (χ4v) is 9.62. The lowest BCUT2D eigenvalue weighted by molar-refractivity contribution is 0.101. The van der Waals surface area contributed by atoms with Crippen LogP contribution in [0.2, 0.25) is 0 Å². The number of hydrogen-bond acceptors (Lipinski definition) is 17. The number of ketones is 2. The Kier molecular flexibility index (Phi) is 13.6. The Balaban J connectivity index is 1.00. The van der Waals surface area contributed by atoms with Gasteiger partial charge in [-0.3, -0.25) is 48.2 Å². The van der Waals surface area contributed by atoms with Gasteiger partial charge in [0.2, 0.25) is 11.6 Å². The molecule has 0 bridgehead atoms. The molecule has 0 radical (unpaired) electrons. The van der Waals surface area contributed by atoms with Gasteiger partial charge >= 0.3 is 0 Å². The molecule has 73 heavy (non-hydrogen) atoms. The van der Waals surface area contributed by atoms with Crippen LogP contribution in [-0.2, 0) is 40.5 Å². The molecule has 23 nitrogen and oxygen atoms in total. The Bertz CT molecular complexity index is 3670. The molecular formula is C46H33N7O16S4. The van der Waals surface area contributed by atoms with Gasteiger partial charge in [0.25, 0.3) is 52.3 Å². The summed E-state index contributed by atoms with van der Waals surface area (Å²) in [5.41, 5.74) is 2.43. The molecule has 0 unspecified atom stereocenters. The Morgan fingerprint density at radius 3 is 1.07 bits per heavy atom. The molecule has 0 heterocycles. The second-order valence-electron chi connectivity index (χ2n) is 15.5. The summed E-state index contributed by atoms with van der Waals surface area (Å²) in [6, 6.07) is 30.3. The third-order valence-electron chi connectivity index (χ3n) is 10.6. The number of anilines is 6. The second kappa shape index (κ2) is 19.6. The van der Waals surface area contributed by atoms with Gasteiger partial charge in [0.05, 0.1) is 43.7 Å². The van der Waals surface area contributed by atoms with Crippen molar-refractivity contribution in [2.75, 3.05) is 26.8 Å². The number of nitrogens with zero attached hydrogens (tertiary/aromatic N) is 2. The van der Waals surface area contributed by atoms with Crippen LogP contribution in [0, 0.1) is 0 Å². The number of rotatable bonds is 14. The van der Waals surface area contributed by atoms with E-state index in [1.54, 1.807) is 36.4 Å². The van der Waals surface area contributed by atoms with Crippen LogP contribution in [0.5, 0.6) is 0 Å². The van der Waals surface area contributed by atoms with E-state index in [4.69, 9.17) is 0 Å². The van der Waals surface area contributed by atoms with E-state index in [1.165, 1.54) is 72.8 Å². The lowest BCUT2D eigenvalue weighted by Gasteiger charge is -2.20. The Hall–Kier alpha value is -8.54. The van der Waals surface area contributed by atoms with Crippen molar-refractivity contribution in [2.45, 2.75) is 9.79 Å². The van der Waals surface area contributed by atoms with E-state index >= 15 is 0 Å². The van der Waals surface area contributed by atoms with E-state index in [1.807, 2.05) is 0 Å². The molecular weight excluding hydrogens is 1030 g/mol. The topological polar surface area (TPSA) is 371 Å². The second-order valence-corrected chi connectivity index (χ2v) is 21.1. The molecule has 0 aromatic heterocycles. The first-order chi connectivity index (χ1) is 34.3. The number of nitrogens with one attached hydrogen (secondary N) is 5. The van der Waals surface area contributed by atoms with Crippen molar-refractivity contribution in [2.24, 2.45) is 10.2 Å². The van der Waals surface area contributed by atoms with Gasteiger partial charge in [0.15, 0.2) is 11.4 Å². The monoisotopic (exact) mass is 1070 g/mol. The highest BCUT2D eigenvalue weighted by atomic mass is 32.2. The predicted octanol–water partition coefficient (Wildman–Crippen LogP) is 6.21. The van der Waals surface area contributed by atoms with Gasteiger partial charge in [-0.15, -0.1) is 0 Å². The van der Waals surface area contributed by atoms with Crippen molar-refractivity contribution in [1.82, 2.24) is 0 Å². The molecule has 372 valence electrons. The van der Waals surface area contributed by atoms with Crippen molar-refractivity contribution in [1.29, 1.82) is 0 Å². The van der Waals surface area contributed by atoms with Gasteiger partial charge in [0.1, 0.15) is 9.81 Å². The Labute approximate surface area is 414 Å². The van der Waals surface area contributed by atoms with Gasteiger partial charge in [-0.2, -0.15) is 43.9 Å². The maximum absolute atomic E-state index is 14.0. The summed E-state index contributed by atoms with van der Waals surface area (Å²) in [6.45, 7) is 0. The average molecular weight is 1070 g/mol. The lowest BCUT2D eigenvalue weighted by Crippen LogP contribution is -2.29. The third-order valence-corrected chi connectivity index (χ3v) is 14.0. The molecule has 8 rings (SSSR count). The van der Waals surface area contributed by atoms with Crippen molar-refractivity contribution in [3.8, 4) is 0 Å². The van der Waals surface area contributed by atoms with Crippen molar-refractivity contribution < 1.29 is 71.1 Å². The zero-order chi connectivity index (χ0) is 52.6. The van der Waals surface area contributed by atoms with Gasteiger partial charge in [-0.25, -0.2) is 0 Å². The highest BCUT2D eigenvalue weighted by Gasteiger charge is 2.38. The summed E-state index contributed by atoms with van der Waals surface area (Å²) >= 11 is 0. The summed E-state index contributed by atoms with van der Waals surface area (Å²) in [5.74, 6) is -3.90. The molecule has 6 aromatic rings. The van der Waals surface area contributed by atoms with Gasteiger partial charge < -0.3 is 16.0 Å². The number of benzene rings is 6. The van der Waals surface area contributed by atoms with E-state index in [0.29, 0.717) is 11.4 Å². The fourth-order valence-electron chi connectivity index (χ4n) is 7.22. The zero-order valence-corrected chi connectivity index (χ0v) is 39.8. The summed E-state index contributed by atoms with van der Waals surface area (Å²) in [5, 5.41) is 15.8. The molecule has 0 saturated heterocycles. The minimum Gasteiger partial charge on any atom is -0.356 e. The van der Waals surface area contributed by atoms with Crippen LogP contribution in [0.4, 0.5) is 34.1 Å². The summed E-state index contributed by atoms with van der Waals surface area (Å²) < 4.78 is 139. The molecule has 0 spiro atoms. The summed E-state index contributed by atoms with van der Waals surface area (Å²) in [4.78, 5) is 50.5. The van der Waals surface area contributed by atoms with Crippen molar-refractivity contribution >= 4 is 122 Å². The quantitative estimate of drug-likeness (QED) is 0.0432. The van der Waals surface area contributed by atoms with Crippen molar-refractivity contribution in [3.05, 3.63) is 177 Å². The minimum atomic E-state index is -5.22. The van der Waals surface area contributed by atoms with Crippen LogP contribution < -0.4 is 26.8 Å². The Morgan fingerprint density at radius 1 is 0.425 bits per heavy atom. The largest absolute Gasteiger partial charge is 0.356 e. The average Bonchev–Trinajstić information content (AvgIpc) is 3.33. The van der Waals surface area contributed by atoms with E-state index in [2.05, 4.69) is 37.0 Å². The first-order valence-electron chi connectivity index (χ1n) is 20.5. The number of carbonyl (C=O) groups excluding carboxylic acids is 4. The number of Topliss-reactive ketones (excluding diaryl/α,β-unsaturated/α-hetero) is 2. The molecule has 9 N–H and O–H groups in total. The standard InChI is InChI=1S/C46H33N7O16S4/c54-43-39-27(19-33(70(58,59)60)23-35(39)48-45(56)25-7-3-1-4-8-25)21-37(72(64,65)66)41(43)52-50-31-15-11-29(12-16-31)47-30-13-17-32(18-14-30)51-53-42-38(73(67,68)69)22-28-20-34(71(61,62)63)24-36(40(28)44(42)55)49-46(57)26-9-5-2-6-10-26/h1-24,47,50-51H,(H,48,56)(H,49,57)(H,58,59,60)(H,61,62,63)(H,64,65,66)(H,67,68,69)/b52-41+,53-42+. The van der Waals surface area contributed by atoms with Gasteiger partial charge in [-0.1, -0.05) is 36.4 Å². The van der Waals surface area contributed by atoms with Gasteiger partial charge in [-0.05, 0) is 120 Å². The Morgan fingerprint density at radius 2 is 0.753 bits per heavy atom. The minimum absolute atomic E-state index is 0.103. The van der Waals surface area contributed by atoms with Crippen LogP contribution in [0.3, 0.4) is 0 Å². The van der Waals surface area contributed by atoms with E-state index in [-0.39, 0.29) is 33.6 Å². The van der Waals surface area contributed by atoms with Crippen LogP contribution in [-0.4, -0.2) is 86.7 Å². The van der Waals surface area contributed by atoms with E-state index in [0.717, 1.165) is 36.4 Å². The number of hydrogen-bond donors (Lipinski definition) is 9. The maximum Gasteiger partial charge on any atom is 0.296 e. The molecule has 2 amide bonds. The number of allylic oxidation sites excluding steroid dienone is 2. The SMILES string of the molecule is O=C(Nc1cc(S(=O)(=O)O)cc2c1C(=O)/C(=N/Nc1ccc(Nc3ccc(N/N=C4/C(=O)c5c(cc(S(=O)(=O)O)cc5NC(=O)c5ccccc5)C=C4S(=O)(=O)O)cc3)cc1)C(S(=O)(=O)O)=C2)c1ccccc1. The highest BCUT2D eigenvalue weighted by Crippen LogP contribution is 2.36. The van der Waals surface area contributed by atoms with E-state index in [9.17, 15) is 71.1 Å². The van der Waals surface area contributed by atoms with E-state index < -0.39 is 117 Å². The molecule has 6 aromatic carbocycles. The number of amides is 2. The number of fused-ring (bicyclic) bond motifs is 2. The number of hydrazone groups is 2. The third kappa shape index (κ3) is 11.3. The molecule has 0 atom stereocenters.